The molecule has 5 nitrogen and oxygen atoms in total. The van der Waals surface area contributed by atoms with Gasteiger partial charge in [0, 0.05) is 11.6 Å². The van der Waals surface area contributed by atoms with Crippen molar-refractivity contribution in [2.75, 3.05) is 11.9 Å². The fraction of sp³-hybridized carbons (Fsp3) is 0.385. The number of halogens is 1. The lowest BCUT2D eigenvalue weighted by Crippen LogP contribution is -2.39. The van der Waals surface area contributed by atoms with Crippen molar-refractivity contribution in [2.24, 2.45) is 11.1 Å². The number of amides is 1. The Bertz CT molecular complexity index is 499. The van der Waals surface area contributed by atoms with Crippen molar-refractivity contribution in [1.29, 1.82) is 0 Å². The van der Waals surface area contributed by atoms with Crippen molar-refractivity contribution in [3.05, 3.63) is 28.8 Å². The van der Waals surface area contributed by atoms with E-state index in [9.17, 15) is 9.59 Å². The Labute approximate surface area is 116 Å². The summed E-state index contributed by atoms with van der Waals surface area (Å²) in [7, 11) is 0. The third-order valence-electron chi connectivity index (χ3n) is 3.24. The molecule has 0 spiro atoms. The first-order chi connectivity index (χ1) is 8.84. The average molecular weight is 285 g/mol. The third-order valence-corrected chi connectivity index (χ3v) is 3.47. The van der Waals surface area contributed by atoms with Gasteiger partial charge in [-0.3, -0.25) is 4.79 Å². The first-order valence-electron chi connectivity index (χ1n) is 5.88. The van der Waals surface area contributed by atoms with Crippen LogP contribution in [-0.4, -0.2) is 23.5 Å². The van der Waals surface area contributed by atoms with E-state index in [1.54, 1.807) is 6.92 Å². The molecule has 1 rings (SSSR count). The van der Waals surface area contributed by atoms with Crippen LogP contribution >= 0.6 is 11.6 Å². The van der Waals surface area contributed by atoms with E-state index in [-0.39, 0.29) is 23.7 Å². The van der Waals surface area contributed by atoms with Crippen LogP contribution < -0.4 is 11.1 Å². The van der Waals surface area contributed by atoms with Crippen molar-refractivity contribution >= 4 is 29.2 Å². The number of benzene rings is 1. The highest BCUT2D eigenvalue weighted by Gasteiger charge is 2.30. The standard InChI is InChI=1S/C13H17ClN2O3/c1-3-13(2,7-15)12(19)16-10-6-8(14)4-5-9(10)11(17)18/h4-6H,3,7,15H2,1-2H3,(H,16,19)(H,17,18). The van der Waals surface area contributed by atoms with Gasteiger partial charge in [0.2, 0.25) is 5.91 Å². The van der Waals surface area contributed by atoms with E-state index in [0.29, 0.717) is 11.4 Å². The van der Waals surface area contributed by atoms with Crippen LogP contribution in [0.15, 0.2) is 18.2 Å². The van der Waals surface area contributed by atoms with Crippen LogP contribution in [0.2, 0.25) is 5.02 Å². The quantitative estimate of drug-likeness (QED) is 0.774. The summed E-state index contributed by atoms with van der Waals surface area (Å²) >= 11 is 5.82. The van der Waals surface area contributed by atoms with Crippen molar-refractivity contribution in [2.45, 2.75) is 20.3 Å². The fourth-order valence-electron chi connectivity index (χ4n) is 1.48. The lowest BCUT2D eigenvalue weighted by molar-refractivity contribution is -0.124. The van der Waals surface area contributed by atoms with Crippen LogP contribution in [0.3, 0.4) is 0 Å². The Morgan fingerprint density at radius 2 is 2.11 bits per heavy atom. The number of carboxylic acid groups (broad SMARTS) is 1. The van der Waals surface area contributed by atoms with Crippen LogP contribution in [0.1, 0.15) is 30.6 Å². The molecule has 0 aliphatic heterocycles. The van der Waals surface area contributed by atoms with Gasteiger partial charge in [-0.15, -0.1) is 0 Å². The summed E-state index contributed by atoms with van der Waals surface area (Å²) in [6, 6.07) is 4.23. The summed E-state index contributed by atoms with van der Waals surface area (Å²) in [5.74, 6) is -1.44. The predicted octanol–water partition coefficient (Wildman–Crippen LogP) is 2.35. The Morgan fingerprint density at radius 3 is 2.58 bits per heavy atom. The van der Waals surface area contributed by atoms with E-state index in [1.807, 2.05) is 6.92 Å². The molecule has 1 amide bonds. The van der Waals surface area contributed by atoms with Gasteiger partial charge in [0.15, 0.2) is 0 Å². The van der Waals surface area contributed by atoms with Gasteiger partial charge in [-0.2, -0.15) is 0 Å². The lowest BCUT2D eigenvalue weighted by Gasteiger charge is -2.25. The van der Waals surface area contributed by atoms with Gasteiger partial charge in [-0.25, -0.2) is 4.79 Å². The number of carbonyl (C=O) groups is 2. The molecule has 0 bridgehead atoms. The zero-order chi connectivity index (χ0) is 14.6. The van der Waals surface area contributed by atoms with E-state index in [1.165, 1.54) is 18.2 Å². The minimum Gasteiger partial charge on any atom is -0.478 e. The molecule has 6 heteroatoms. The highest BCUT2D eigenvalue weighted by molar-refractivity contribution is 6.31. The molecule has 1 unspecified atom stereocenters. The molecule has 1 aromatic rings. The summed E-state index contributed by atoms with van der Waals surface area (Å²) < 4.78 is 0. The Balaban J connectivity index is 3.08. The molecule has 0 radical (unpaired) electrons. The molecule has 0 saturated carbocycles. The average Bonchev–Trinajstić information content (AvgIpc) is 2.37. The number of aromatic carboxylic acids is 1. The molecular weight excluding hydrogens is 268 g/mol. The minimum absolute atomic E-state index is 0.00627. The molecular formula is C13H17ClN2O3. The minimum atomic E-state index is -1.13. The van der Waals surface area contributed by atoms with E-state index in [4.69, 9.17) is 22.4 Å². The van der Waals surface area contributed by atoms with Crippen LogP contribution in [0.5, 0.6) is 0 Å². The van der Waals surface area contributed by atoms with E-state index in [0.717, 1.165) is 0 Å². The second-order valence-electron chi connectivity index (χ2n) is 4.57. The van der Waals surface area contributed by atoms with Gasteiger partial charge in [-0.05, 0) is 31.5 Å². The Hall–Kier alpha value is -1.59. The highest BCUT2D eigenvalue weighted by atomic mass is 35.5. The molecule has 0 saturated heterocycles. The number of carbonyl (C=O) groups excluding carboxylic acids is 1. The molecule has 0 aromatic heterocycles. The second-order valence-corrected chi connectivity index (χ2v) is 5.00. The normalized spacial score (nSPS) is 13.7. The molecule has 0 aliphatic carbocycles. The second kappa shape index (κ2) is 6.04. The zero-order valence-corrected chi connectivity index (χ0v) is 11.6. The number of anilines is 1. The van der Waals surface area contributed by atoms with Crippen LogP contribution in [0, 0.1) is 5.41 Å². The van der Waals surface area contributed by atoms with E-state index in [2.05, 4.69) is 5.32 Å². The molecule has 104 valence electrons. The SMILES string of the molecule is CCC(C)(CN)C(=O)Nc1cc(Cl)ccc1C(=O)O. The van der Waals surface area contributed by atoms with Gasteiger partial charge in [0.1, 0.15) is 0 Å². The van der Waals surface area contributed by atoms with Crippen LogP contribution in [0.4, 0.5) is 5.69 Å². The summed E-state index contributed by atoms with van der Waals surface area (Å²) in [5, 5.41) is 12.0. The highest BCUT2D eigenvalue weighted by Crippen LogP contribution is 2.26. The summed E-state index contributed by atoms with van der Waals surface area (Å²) in [6.07, 6.45) is 0.554. The smallest absolute Gasteiger partial charge is 0.337 e. The number of hydrogen-bond donors (Lipinski definition) is 3. The maximum atomic E-state index is 12.2. The van der Waals surface area contributed by atoms with Gasteiger partial charge in [0.25, 0.3) is 0 Å². The summed E-state index contributed by atoms with van der Waals surface area (Å²) in [6.45, 7) is 3.76. The van der Waals surface area contributed by atoms with Gasteiger partial charge in [0.05, 0.1) is 16.7 Å². The Morgan fingerprint density at radius 1 is 1.47 bits per heavy atom. The predicted molar refractivity (Wildman–Crippen MR) is 74.5 cm³/mol. The zero-order valence-electron chi connectivity index (χ0n) is 10.9. The number of nitrogens with two attached hydrogens (primary N) is 1. The molecule has 19 heavy (non-hydrogen) atoms. The maximum absolute atomic E-state index is 12.2. The third kappa shape index (κ3) is 3.45. The van der Waals surface area contributed by atoms with Crippen molar-refractivity contribution in [3.63, 3.8) is 0 Å². The van der Waals surface area contributed by atoms with Crippen molar-refractivity contribution < 1.29 is 14.7 Å². The molecule has 1 atom stereocenters. The topological polar surface area (TPSA) is 92.4 Å². The first kappa shape index (κ1) is 15.5. The Kier molecular flexibility index (Phi) is 4.91. The molecule has 1 aromatic carbocycles. The number of carboxylic acids is 1. The summed E-state index contributed by atoms with van der Waals surface area (Å²) in [5.41, 5.74) is 5.03. The monoisotopic (exact) mass is 284 g/mol. The maximum Gasteiger partial charge on any atom is 0.337 e. The number of nitrogens with one attached hydrogen (secondary N) is 1. The lowest BCUT2D eigenvalue weighted by atomic mass is 9.86. The van der Waals surface area contributed by atoms with E-state index < -0.39 is 11.4 Å². The van der Waals surface area contributed by atoms with Crippen LogP contribution in [0.25, 0.3) is 0 Å². The number of rotatable bonds is 5. The van der Waals surface area contributed by atoms with Gasteiger partial charge < -0.3 is 16.2 Å². The van der Waals surface area contributed by atoms with Gasteiger partial charge in [-0.1, -0.05) is 18.5 Å². The van der Waals surface area contributed by atoms with Crippen molar-refractivity contribution in [3.8, 4) is 0 Å². The van der Waals surface area contributed by atoms with Crippen molar-refractivity contribution in [1.82, 2.24) is 0 Å². The van der Waals surface area contributed by atoms with Gasteiger partial charge >= 0.3 is 5.97 Å². The molecule has 0 fully saturated rings. The largest absolute Gasteiger partial charge is 0.478 e. The number of hydrogen-bond acceptors (Lipinski definition) is 3. The fourth-order valence-corrected chi connectivity index (χ4v) is 1.65. The molecule has 0 heterocycles. The molecule has 0 aliphatic rings. The van der Waals surface area contributed by atoms with E-state index >= 15 is 0 Å². The summed E-state index contributed by atoms with van der Waals surface area (Å²) in [4.78, 5) is 23.2. The van der Waals surface area contributed by atoms with Crippen LogP contribution in [-0.2, 0) is 4.79 Å². The molecule has 4 N–H and O–H groups in total. The first-order valence-corrected chi connectivity index (χ1v) is 6.26.